The predicted octanol–water partition coefficient (Wildman–Crippen LogP) is 0.558. The standard InChI is InChI=1S/C18H28N4O2/c1-19-4-6-22(7-5-19)18(23)16-9-15-11-21(12-17(15)20(16)2)10-14-3-8-24-13-14/h3,8,13,15-17H,4-7,9-12H2,1-2H3/t15-,16-,17+/m1/s1. The third-order valence-corrected chi connectivity index (χ3v) is 6.11. The SMILES string of the molecule is CN1CCN(C(=O)[C@H]2C[C@@H]3CN(Cc4ccoc4)C[C@@H]3N2C)CC1. The van der Waals surface area contributed by atoms with E-state index >= 15 is 0 Å². The first-order valence-corrected chi connectivity index (χ1v) is 9.04. The smallest absolute Gasteiger partial charge is 0.240 e. The molecule has 0 saturated carbocycles. The maximum absolute atomic E-state index is 12.9. The van der Waals surface area contributed by atoms with Crippen LogP contribution in [0.25, 0.3) is 0 Å². The van der Waals surface area contributed by atoms with Crippen LogP contribution in [-0.4, -0.2) is 91.0 Å². The number of amides is 1. The molecule has 1 aromatic heterocycles. The Bertz CT molecular complexity index is 568. The van der Waals surface area contributed by atoms with Gasteiger partial charge in [-0.3, -0.25) is 14.6 Å². The van der Waals surface area contributed by atoms with E-state index in [1.54, 1.807) is 6.26 Å². The van der Waals surface area contributed by atoms with Crippen molar-refractivity contribution in [3.8, 4) is 0 Å². The minimum atomic E-state index is 0.0829. The summed E-state index contributed by atoms with van der Waals surface area (Å²) in [5.74, 6) is 0.963. The summed E-state index contributed by atoms with van der Waals surface area (Å²) in [4.78, 5) is 22.1. The molecule has 3 atom stereocenters. The molecule has 3 aliphatic heterocycles. The molecule has 0 N–H and O–H groups in total. The fraction of sp³-hybridized carbons (Fsp3) is 0.722. The van der Waals surface area contributed by atoms with Crippen LogP contribution in [0.5, 0.6) is 0 Å². The summed E-state index contributed by atoms with van der Waals surface area (Å²) in [5.41, 5.74) is 1.24. The quantitative estimate of drug-likeness (QED) is 0.809. The molecular weight excluding hydrogens is 304 g/mol. The molecule has 0 bridgehead atoms. The number of piperazine rings is 1. The van der Waals surface area contributed by atoms with Gasteiger partial charge in [-0.15, -0.1) is 0 Å². The molecule has 4 heterocycles. The van der Waals surface area contributed by atoms with Crippen LogP contribution in [0.1, 0.15) is 12.0 Å². The number of furan rings is 1. The number of likely N-dealkylation sites (tertiary alicyclic amines) is 2. The highest BCUT2D eigenvalue weighted by Crippen LogP contribution is 2.36. The van der Waals surface area contributed by atoms with Crippen LogP contribution in [0.2, 0.25) is 0 Å². The van der Waals surface area contributed by atoms with E-state index in [0.717, 1.165) is 52.2 Å². The Labute approximate surface area is 144 Å². The van der Waals surface area contributed by atoms with E-state index in [2.05, 4.69) is 33.7 Å². The van der Waals surface area contributed by atoms with Gasteiger partial charge in [-0.05, 0) is 32.5 Å². The van der Waals surface area contributed by atoms with E-state index in [4.69, 9.17) is 4.42 Å². The lowest BCUT2D eigenvalue weighted by Crippen LogP contribution is -2.53. The molecule has 3 aliphatic rings. The minimum absolute atomic E-state index is 0.0829. The first-order valence-electron chi connectivity index (χ1n) is 9.04. The monoisotopic (exact) mass is 332 g/mol. The zero-order valence-electron chi connectivity index (χ0n) is 14.7. The number of carbonyl (C=O) groups is 1. The van der Waals surface area contributed by atoms with Crippen molar-refractivity contribution < 1.29 is 9.21 Å². The number of rotatable bonds is 3. The molecule has 0 unspecified atom stereocenters. The van der Waals surface area contributed by atoms with E-state index < -0.39 is 0 Å². The highest BCUT2D eigenvalue weighted by molar-refractivity contribution is 5.82. The Morgan fingerprint density at radius 1 is 1.21 bits per heavy atom. The largest absolute Gasteiger partial charge is 0.472 e. The second kappa shape index (κ2) is 6.50. The maximum atomic E-state index is 12.9. The molecular formula is C18H28N4O2. The van der Waals surface area contributed by atoms with Crippen LogP contribution in [0.3, 0.4) is 0 Å². The fourth-order valence-electron chi connectivity index (χ4n) is 4.60. The van der Waals surface area contributed by atoms with E-state index in [9.17, 15) is 4.79 Å². The summed E-state index contributed by atoms with van der Waals surface area (Å²) >= 11 is 0. The second-order valence-electron chi connectivity index (χ2n) is 7.70. The van der Waals surface area contributed by atoms with Crippen LogP contribution in [0.15, 0.2) is 23.0 Å². The summed E-state index contributed by atoms with van der Waals surface area (Å²) in [6.07, 6.45) is 4.58. The molecule has 4 rings (SSSR count). The number of fused-ring (bicyclic) bond motifs is 1. The topological polar surface area (TPSA) is 43.2 Å². The zero-order valence-corrected chi connectivity index (χ0v) is 14.7. The number of nitrogens with zero attached hydrogens (tertiary/aromatic N) is 4. The fourth-order valence-corrected chi connectivity index (χ4v) is 4.60. The van der Waals surface area contributed by atoms with Crippen LogP contribution in [0.4, 0.5) is 0 Å². The lowest BCUT2D eigenvalue weighted by atomic mass is 10.0. The minimum Gasteiger partial charge on any atom is -0.472 e. The van der Waals surface area contributed by atoms with Crippen molar-refractivity contribution in [2.45, 2.75) is 25.0 Å². The Kier molecular flexibility index (Phi) is 4.37. The second-order valence-corrected chi connectivity index (χ2v) is 7.70. The van der Waals surface area contributed by atoms with Gasteiger partial charge in [-0.1, -0.05) is 0 Å². The van der Waals surface area contributed by atoms with Crippen LogP contribution in [0, 0.1) is 5.92 Å². The molecule has 0 radical (unpaired) electrons. The Balaban J connectivity index is 1.34. The van der Waals surface area contributed by atoms with Crippen molar-refractivity contribution in [1.29, 1.82) is 0 Å². The normalized spacial score (nSPS) is 32.4. The molecule has 6 nitrogen and oxygen atoms in total. The first kappa shape index (κ1) is 16.1. The zero-order chi connectivity index (χ0) is 16.7. The summed E-state index contributed by atoms with van der Waals surface area (Å²) < 4.78 is 5.17. The van der Waals surface area contributed by atoms with Gasteiger partial charge in [0.15, 0.2) is 0 Å². The summed E-state index contributed by atoms with van der Waals surface area (Å²) in [6, 6.07) is 2.63. The summed E-state index contributed by atoms with van der Waals surface area (Å²) in [6.45, 7) is 6.84. The lowest BCUT2D eigenvalue weighted by Gasteiger charge is -2.36. The molecule has 6 heteroatoms. The van der Waals surface area contributed by atoms with Crippen LogP contribution < -0.4 is 0 Å². The Morgan fingerprint density at radius 3 is 2.67 bits per heavy atom. The number of hydrogen-bond donors (Lipinski definition) is 0. The average Bonchev–Trinajstić information content (AvgIpc) is 3.27. The van der Waals surface area contributed by atoms with Crippen LogP contribution in [-0.2, 0) is 11.3 Å². The van der Waals surface area contributed by atoms with Crippen molar-refractivity contribution in [3.63, 3.8) is 0 Å². The van der Waals surface area contributed by atoms with Gasteiger partial charge in [0.25, 0.3) is 0 Å². The van der Waals surface area contributed by atoms with Gasteiger partial charge in [0, 0.05) is 57.4 Å². The maximum Gasteiger partial charge on any atom is 0.240 e. The van der Waals surface area contributed by atoms with Crippen LogP contribution >= 0.6 is 0 Å². The predicted molar refractivity (Wildman–Crippen MR) is 91.5 cm³/mol. The Hall–Kier alpha value is -1.37. The third kappa shape index (κ3) is 2.98. The molecule has 0 aliphatic carbocycles. The average molecular weight is 332 g/mol. The third-order valence-electron chi connectivity index (χ3n) is 6.11. The van der Waals surface area contributed by atoms with E-state index in [1.807, 2.05) is 12.3 Å². The molecule has 24 heavy (non-hydrogen) atoms. The molecule has 0 spiro atoms. The molecule has 3 fully saturated rings. The number of hydrogen-bond acceptors (Lipinski definition) is 5. The van der Waals surface area contributed by atoms with E-state index in [0.29, 0.717) is 17.9 Å². The highest BCUT2D eigenvalue weighted by Gasteiger charge is 2.47. The van der Waals surface area contributed by atoms with Crippen molar-refractivity contribution >= 4 is 5.91 Å². The van der Waals surface area contributed by atoms with Gasteiger partial charge in [-0.25, -0.2) is 0 Å². The number of likely N-dealkylation sites (N-methyl/N-ethyl adjacent to an activating group) is 2. The van der Waals surface area contributed by atoms with Crippen molar-refractivity contribution in [3.05, 3.63) is 24.2 Å². The molecule has 1 aromatic rings. The number of carbonyl (C=O) groups excluding carboxylic acids is 1. The first-order chi connectivity index (χ1) is 11.6. The summed E-state index contributed by atoms with van der Waals surface area (Å²) in [7, 11) is 4.27. The molecule has 3 saturated heterocycles. The summed E-state index contributed by atoms with van der Waals surface area (Å²) in [5, 5.41) is 0. The highest BCUT2D eigenvalue weighted by atomic mass is 16.3. The van der Waals surface area contributed by atoms with E-state index in [1.165, 1.54) is 5.56 Å². The van der Waals surface area contributed by atoms with Gasteiger partial charge in [0.1, 0.15) is 0 Å². The molecule has 0 aromatic carbocycles. The van der Waals surface area contributed by atoms with Crippen molar-refractivity contribution in [1.82, 2.24) is 19.6 Å². The van der Waals surface area contributed by atoms with E-state index in [-0.39, 0.29) is 6.04 Å². The van der Waals surface area contributed by atoms with Gasteiger partial charge < -0.3 is 14.2 Å². The molecule has 1 amide bonds. The van der Waals surface area contributed by atoms with Gasteiger partial charge >= 0.3 is 0 Å². The van der Waals surface area contributed by atoms with Crippen molar-refractivity contribution in [2.24, 2.45) is 5.92 Å². The lowest BCUT2D eigenvalue weighted by molar-refractivity contribution is -0.137. The molecule has 132 valence electrons. The van der Waals surface area contributed by atoms with Crippen molar-refractivity contribution in [2.75, 3.05) is 53.4 Å². The van der Waals surface area contributed by atoms with Gasteiger partial charge in [-0.2, -0.15) is 0 Å². The van der Waals surface area contributed by atoms with Gasteiger partial charge in [0.2, 0.25) is 5.91 Å². The Morgan fingerprint density at radius 2 is 2.00 bits per heavy atom. The van der Waals surface area contributed by atoms with Gasteiger partial charge in [0.05, 0.1) is 18.6 Å².